The highest BCUT2D eigenvalue weighted by Gasteiger charge is 2.28. The van der Waals surface area contributed by atoms with Crippen molar-refractivity contribution in [2.45, 2.75) is 30.3 Å². The molecule has 19 heavy (non-hydrogen) atoms. The fourth-order valence-corrected chi connectivity index (χ4v) is 4.92. The van der Waals surface area contributed by atoms with Gasteiger partial charge in [0.25, 0.3) is 5.56 Å². The van der Waals surface area contributed by atoms with Crippen LogP contribution in [0.15, 0.2) is 11.1 Å². The molecule has 0 spiro atoms. The molecule has 0 amide bonds. The maximum absolute atomic E-state index is 11.9. The zero-order chi connectivity index (χ0) is 13.4. The minimum Gasteiger partial charge on any atom is -0.368 e. The number of aryl methyl sites for hydroxylation is 1. The van der Waals surface area contributed by atoms with Crippen LogP contribution in [0.2, 0.25) is 0 Å². The average Bonchev–Trinajstić information content (AvgIpc) is 2.77. The third kappa shape index (κ3) is 2.45. The van der Waals surface area contributed by atoms with E-state index in [1.807, 2.05) is 6.92 Å². The third-order valence-corrected chi connectivity index (χ3v) is 6.12. The van der Waals surface area contributed by atoms with Crippen LogP contribution in [0.4, 0.5) is 0 Å². The van der Waals surface area contributed by atoms with Crippen LogP contribution >= 0.6 is 33.9 Å². The molecule has 0 fully saturated rings. The lowest BCUT2D eigenvalue weighted by Crippen LogP contribution is -2.24. The number of thiophene rings is 1. The lowest BCUT2D eigenvalue weighted by Gasteiger charge is -2.26. The second-order valence-electron chi connectivity index (χ2n) is 4.72. The summed E-state index contributed by atoms with van der Waals surface area (Å²) in [5.74, 6) is 0.542. The number of halogens is 1. The van der Waals surface area contributed by atoms with Crippen molar-refractivity contribution in [2.24, 2.45) is 5.92 Å². The molecular formula is C13H15IN2O2S. The Hall–Kier alpha value is -0.470. The quantitative estimate of drug-likeness (QED) is 0.648. The Morgan fingerprint density at radius 3 is 3.32 bits per heavy atom. The van der Waals surface area contributed by atoms with Crippen molar-refractivity contribution >= 4 is 44.1 Å². The number of nitrogens with one attached hydrogen (secondary N) is 1. The van der Waals surface area contributed by atoms with Crippen LogP contribution in [0.1, 0.15) is 23.8 Å². The predicted octanol–water partition coefficient (Wildman–Crippen LogP) is 2.89. The summed E-state index contributed by atoms with van der Waals surface area (Å²) in [6.07, 6.45) is 4.54. The van der Waals surface area contributed by atoms with Crippen molar-refractivity contribution in [2.75, 3.05) is 6.61 Å². The van der Waals surface area contributed by atoms with Crippen molar-refractivity contribution in [3.63, 3.8) is 0 Å². The number of hydrogen-bond donors (Lipinski definition) is 1. The van der Waals surface area contributed by atoms with Crippen molar-refractivity contribution in [3.8, 4) is 0 Å². The van der Waals surface area contributed by atoms with Crippen LogP contribution in [-0.4, -0.2) is 20.7 Å². The van der Waals surface area contributed by atoms with Gasteiger partial charge in [0.05, 0.1) is 11.7 Å². The van der Waals surface area contributed by atoms with Gasteiger partial charge < -0.3 is 9.72 Å². The Kier molecular flexibility index (Phi) is 3.91. The van der Waals surface area contributed by atoms with E-state index >= 15 is 0 Å². The molecule has 2 heterocycles. The van der Waals surface area contributed by atoms with E-state index in [2.05, 4.69) is 32.6 Å². The number of ether oxygens (including phenoxy) is 1. The summed E-state index contributed by atoms with van der Waals surface area (Å²) in [5, 5.41) is 0.808. The summed E-state index contributed by atoms with van der Waals surface area (Å²) in [6, 6.07) is 0. The molecule has 0 aliphatic heterocycles. The summed E-state index contributed by atoms with van der Waals surface area (Å²) < 4.78 is 5.96. The van der Waals surface area contributed by atoms with Gasteiger partial charge in [-0.15, -0.1) is 11.3 Å². The second-order valence-corrected chi connectivity index (χ2v) is 7.04. The zero-order valence-corrected chi connectivity index (χ0v) is 13.6. The molecule has 2 unspecified atom stereocenters. The zero-order valence-electron chi connectivity index (χ0n) is 10.6. The number of rotatable bonds is 3. The van der Waals surface area contributed by atoms with E-state index in [1.54, 1.807) is 11.3 Å². The normalized spacial score (nSPS) is 20.4. The van der Waals surface area contributed by atoms with E-state index in [4.69, 9.17) is 4.74 Å². The van der Waals surface area contributed by atoms with E-state index in [1.165, 1.54) is 16.8 Å². The number of aromatic amines is 1. The molecule has 2 aromatic heterocycles. The molecule has 102 valence electrons. The molecule has 6 heteroatoms. The van der Waals surface area contributed by atoms with Gasteiger partial charge in [0.2, 0.25) is 0 Å². The molecule has 0 saturated heterocycles. The van der Waals surface area contributed by atoms with Crippen LogP contribution in [-0.2, 0) is 17.6 Å². The number of aromatic nitrogens is 2. The monoisotopic (exact) mass is 390 g/mol. The number of fused-ring (bicyclic) bond motifs is 3. The Balaban J connectivity index is 1.96. The van der Waals surface area contributed by atoms with E-state index in [0.29, 0.717) is 5.92 Å². The van der Waals surface area contributed by atoms with Gasteiger partial charge in [-0.2, -0.15) is 0 Å². The van der Waals surface area contributed by atoms with Gasteiger partial charge in [-0.3, -0.25) is 4.79 Å². The molecule has 2 aromatic rings. The van der Waals surface area contributed by atoms with Crippen molar-refractivity contribution in [3.05, 3.63) is 27.1 Å². The molecule has 1 aliphatic rings. The van der Waals surface area contributed by atoms with Gasteiger partial charge >= 0.3 is 0 Å². The van der Waals surface area contributed by atoms with E-state index in [-0.39, 0.29) is 9.67 Å². The lowest BCUT2D eigenvalue weighted by atomic mass is 9.88. The number of hydrogen-bond acceptors (Lipinski definition) is 4. The second kappa shape index (κ2) is 5.49. The molecule has 0 bridgehead atoms. The number of nitrogens with zero attached hydrogens (tertiary/aromatic N) is 1. The topological polar surface area (TPSA) is 55.0 Å². The highest BCUT2D eigenvalue weighted by molar-refractivity contribution is 14.1. The van der Waals surface area contributed by atoms with E-state index in [9.17, 15) is 4.79 Å². The summed E-state index contributed by atoms with van der Waals surface area (Å²) in [6.45, 7) is 2.79. The predicted molar refractivity (Wildman–Crippen MR) is 85.2 cm³/mol. The van der Waals surface area contributed by atoms with Gasteiger partial charge in [0.1, 0.15) is 8.94 Å². The highest BCUT2D eigenvalue weighted by atomic mass is 127. The van der Waals surface area contributed by atoms with Crippen molar-refractivity contribution in [1.82, 2.24) is 9.97 Å². The minimum atomic E-state index is -0.00298. The fourth-order valence-electron chi connectivity index (χ4n) is 2.66. The molecule has 0 radical (unpaired) electrons. The minimum absolute atomic E-state index is 0.00298. The SMILES string of the molecule is CCOC(I)C1CCc2c(sc3nc[nH]c(=O)c23)C1. The van der Waals surface area contributed by atoms with Crippen LogP contribution < -0.4 is 5.56 Å². The maximum atomic E-state index is 11.9. The number of alkyl halides is 1. The summed E-state index contributed by atoms with van der Waals surface area (Å²) in [5.41, 5.74) is 1.21. The first-order chi connectivity index (χ1) is 9.20. The summed E-state index contributed by atoms with van der Waals surface area (Å²) in [7, 11) is 0. The van der Waals surface area contributed by atoms with Crippen molar-refractivity contribution < 1.29 is 4.74 Å². The number of H-pyrrole nitrogens is 1. The lowest BCUT2D eigenvalue weighted by molar-refractivity contribution is 0.0901. The van der Waals surface area contributed by atoms with Crippen LogP contribution in [0.25, 0.3) is 10.2 Å². The Morgan fingerprint density at radius 1 is 1.68 bits per heavy atom. The Morgan fingerprint density at radius 2 is 2.53 bits per heavy atom. The molecule has 0 aromatic carbocycles. The van der Waals surface area contributed by atoms with Gasteiger partial charge in [0, 0.05) is 11.5 Å². The summed E-state index contributed by atoms with van der Waals surface area (Å²) >= 11 is 4.05. The van der Waals surface area contributed by atoms with Gasteiger partial charge in [-0.25, -0.2) is 4.98 Å². The largest absolute Gasteiger partial charge is 0.368 e. The molecule has 0 saturated carbocycles. The molecule has 3 rings (SSSR count). The first kappa shape index (κ1) is 13.5. The van der Waals surface area contributed by atoms with E-state index < -0.39 is 0 Å². The molecular weight excluding hydrogens is 375 g/mol. The molecule has 4 nitrogen and oxygen atoms in total. The smallest absolute Gasteiger partial charge is 0.259 e. The Labute approximate surface area is 128 Å². The molecule has 1 N–H and O–H groups in total. The average molecular weight is 390 g/mol. The fraction of sp³-hybridized carbons (Fsp3) is 0.538. The standard InChI is InChI=1S/C13H15IN2O2S/c1-2-18-11(14)7-3-4-8-9(5-7)19-13-10(8)12(17)15-6-16-13/h6-7,11H,2-5H2,1H3,(H,15,16,17). The van der Waals surface area contributed by atoms with Gasteiger partial charge in [-0.1, -0.05) is 22.6 Å². The maximum Gasteiger partial charge on any atom is 0.259 e. The molecule has 2 atom stereocenters. The first-order valence-electron chi connectivity index (χ1n) is 6.44. The van der Waals surface area contributed by atoms with Crippen molar-refractivity contribution in [1.29, 1.82) is 0 Å². The Bertz CT molecular complexity index is 652. The summed E-state index contributed by atoms with van der Waals surface area (Å²) in [4.78, 5) is 21.1. The third-order valence-electron chi connectivity index (χ3n) is 3.59. The van der Waals surface area contributed by atoms with Gasteiger partial charge in [-0.05, 0) is 37.7 Å². The first-order valence-corrected chi connectivity index (χ1v) is 8.50. The molecule has 1 aliphatic carbocycles. The van der Waals surface area contributed by atoms with Gasteiger partial charge in [0.15, 0.2) is 0 Å². The van der Waals surface area contributed by atoms with Crippen LogP contribution in [0, 0.1) is 5.92 Å². The van der Waals surface area contributed by atoms with Crippen LogP contribution in [0.3, 0.4) is 0 Å². The highest BCUT2D eigenvalue weighted by Crippen LogP contribution is 2.38. The van der Waals surface area contributed by atoms with E-state index in [0.717, 1.165) is 36.1 Å². The van der Waals surface area contributed by atoms with Crippen LogP contribution in [0.5, 0.6) is 0 Å².